The Bertz CT molecular complexity index is 254. The van der Waals surface area contributed by atoms with Gasteiger partial charge in [0.1, 0.15) is 0 Å². The fourth-order valence-corrected chi connectivity index (χ4v) is 1.58. The molecule has 1 N–H and O–H groups in total. The summed E-state index contributed by atoms with van der Waals surface area (Å²) in [7, 11) is 0. The largest absolute Gasteiger partial charge is 0.307 e. The van der Waals surface area contributed by atoms with Crippen LogP contribution in [0.3, 0.4) is 0 Å². The second-order valence-electron chi connectivity index (χ2n) is 3.82. The maximum absolute atomic E-state index is 4.49. The fourth-order valence-electron chi connectivity index (χ4n) is 1.58. The van der Waals surface area contributed by atoms with Gasteiger partial charge in [-0.25, -0.2) is 0 Å². The topological polar surface area (TPSA) is 29.9 Å². The zero-order valence-corrected chi connectivity index (χ0v) is 7.67. The molecule has 0 atom stereocenters. The van der Waals surface area contributed by atoms with Gasteiger partial charge in [-0.2, -0.15) is 5.10 Å². The molecule has 0 aliphatic carbocycles. The molecule has 0 amide bonds. The molecule has 0 spiro atoms. The predicted molar refractivity (Wildman–Crippen MR) is 47.6 cm³/mol. The summed E-state index contributed by atoms with van der Waals surface area (Å²) in [6.45, 7) is 7.40. The van der Waals surface area contributed by atoms with E-state index in [4.69, 9.17) is 0 Å². The molecule has 3 nitrogen and oxygen atoms in total. The molecule has 1 aliphatic rings. The molecule has 0 radical (unpaired) electrons. The second-order valence-corrected chi connectivity index (χ2v) is 3.82. The number of nitrogens with one attached hydrogen (secondary N) is 1. The molecular formula is C9H15N3. The van der Waals surface area contributed by atoms with Gasteiger partial charge in [-0.15, -0.1) is 0 Å². The van der Waals surface area contributed by atoms with Crippen LogP contribution in [-0.2, 0) is 19.6 Å². The molecule has 1 aromatic rings. The van der Waals surface area contributed by atoms with E-state index >= 15 is 0 Å². The summed E-state index contributed by atoms with van der Waals surface area (Å²) in [6.07, 6.45) is 2.16. The standard InChI is InChI=1S/C9H15N3/c1-7(2)5-12-6-8-3-10-4-9(8)11-12/h6-7,10H,3-5H2,1-2H3. The Hall–Kier alpha value is -0.830. The zero-order chi connectivity index (χ0) is 8.55. The average molecular weight is 165 g/mol. The highest BCUT2D eigenvalue weighted by Gasteiger charge is 2.14. The third-order valence-electron chi connectivity index (χ3n) is 2.08. The Morgan fingerprint density at radius 1 is 1.58 bits per heavy atom. The summed E-state index contributed by atoms with van der Waals surface area (Å²) >= 11 is 0. The minimum atomic E-state index is 0.679. The molecule has 1 aliphatic heterocycles. The molecular weight excluding hydrogens is 150 g/mol. The number of fused-ring (bicyclic) bond motifs is 1. The molecule has 0 saturated heterocycles. The maximum atomic E-state index is 4.49. The Balaban J connectivity index is 2.15. The lowest BCUT2D eigenvalue weighted by atomic mass is 10.2. The summed E-state index contributed by atoms with van der Waals surface area (Å²) in [5.74, 6) is 0.679. The summed E-state index contributed by atoms with van der Waals surface area (Å²) in [5.41, 5.74) is 2.60. The van der Waals surface area contributed by atoms with Crippen molar-refractivity contribution >= 4 is 0 Å². The lowest BCUT2D eigenvalue weighted by molar-refractivity contribution is 0.476. The van der Waals surface area contributed by atoms with Crippen molar-refractivity contribution in [3.8, 4) is 0 Å². The molecule has 3 heteroatoms. The first-order valence-electron chi connectivity index (χ1n) is 4.51. The van der Waals surface area contributed by atoms with Gasteiger partial charge in [-0.1, -0.05) is 13.8 Å². The number of hydrogen-bond acceptors (Lipinski definition) is 2. The third-order valence-corrected chi connectivity index (χ3v) is 2.08. The second kappa shape index (κ2) is 2.90. The van der Waals surface area contributed by atoms with Gasteiger partial charge >= 0.3 is 0 Å². The molecule has 0 aromatic carbocycles. The van der Waals surface area contributed by atoms with Crippen LogP contribution in [0.5, 0.6) is 0 Å². The van der Waals surface area contributed by atoms with E-state index in [2.05, 4.69) is 35.1 Å². The van der Waals surface area contributed by atoms with Gasteiger partial charge in [-0.3, -0.25) is 4.68 Å². The van der Waals surface area contributed by atoms with Crippen LogP contribution in [0, 0.1) is 5.92 Å². The molecule has 0 unspecified atom stereocenters. The summed E-state index contributed by atoms with van der Waals surface area (Å²) < 4.78 is 2.07. The highest BCUT2D eigenvalue weighted by molar-refractivity contribution is 5.20. The highest BCUT2D eigenvalue weighted by Crippen LogP contribution is 2.13. The van der Waals surface area contributed by atoms with Gasteiger partial charge in [0.05, 0.1) is 5.69 Å². The van der Waals surface area contributed by atoms with Crippen molar-refractivity contribution in [2.24, 2.45) is 5.92 Å². The monoisotopic (exact) mass is 165 g/mol. The van der Waals surface area contributed by atoms with Crippen molar-refractivity contribution in [1.82, 2.24) is 15.1 Å². The minimum Gasteiger partial charge on any atom is -0.307 e. The Morgan fingerprint density at radius 3 is 3.08 bits per heavy atom. The van der Waals surface area contributed by atoms with Crippen molar-refractivity contribution in [1.29, 1.82) is 0 Å². The maximum Gasteiger partial charge on any atom is 0.0807 e. The van der Waals surface area contributed by atoms with Gasteiger partial charge in [0.15, 0.2) is 0 Å². The van der Waals surface area contributed by atoms with Gasteiger partial charge in [-0.05, 0) is 5.92 Å². The van der Waals surface area contributed by atoms with Crippen molar-refractivity contribution < 1.29 is 0 Å². The van der Waals surface area contributed by atoms with Crippen molar-refractivity contribution in [3.63, 3.8) is 0 Å². The highest BCUT2D eigenvalue weighted by atomic mass is 15.3. The first-order chi connectivity index (χ1) is 5.75. The van der Waals surface area contributed by atoms with Gasteiger partial charge in [0.25, 0.3) is 0 Å². The third kappa shape index (κ3) is 1.37. The first kappa shape index (κ1) is 7.80. The van der Waals surface area contributed by atoms with Crippen LogP contribution in [0.15, 0.2) is 6.20 Å². The van der Waals surface area contributed by atoms with E-state index in [0.717, 1.165) is 19.6 Å². The van der Waals surface area contributed by atoms with E-state index in [1.165, 1.54) is 11.3 Å². The van der Waals surface area contributed by atoms with Gasteiger partial charge in [0.2, 0.25) is 0 Å². The SMILES string of the molecule is CC(C)Cn1cc2c(n1)CNC2. The molecule has 0 fully saturated rings. The number of hydrogen-bond donors (Lipinski definition) is 1. The van der Waals surface area contributed by atoms with Crippen LogP contribution in [0.2, 0.25) is 0 Å². The molecule has 2 heterocycles. The van der Waals surface area contributed by atoms with Crippen molar-refractivity contribution in [2.45, 2.75) is 33.5 Å². The molecule has 2 rings (SSSR count). The normalized spacial score (nSPS) is 15.6. The van der Waals surface area contributed by atoms with Crippen LogP contribution < -0.4 is 5.32 Å². The molecule has 1 aromatic heterocycles. The minimum absolute atomic E-state index is 0.679. The number of rotatable bonds is 2. The van der Waals surface area contributed by atoms with E-state index in [0.29, 0.717) is 5.92 Å². The molecule has 12 heavy (non-hydrogen) atoms. The Labute approximate surface area is 72.8 Å². The van der Waals surface area contributed by atoms with Crippen LogP contribution in [-0.4, -0.2) is 9.78 Å². The van der Waals surface area contributed by atoms with Crippen molar-refractivity contribution in [3.05, 3.63) is 17.5 Å². The lowest BCUT2D eigenvalue weighted by Crippen LogP contribution is -2.08. The smallest absolute Gasteiger partial charge is 0.0807 e. The number of aromatic nitrogens is 2. The molecule has 0 bridgehead atoms. The Kier molecular flexibility index (Phi) is 1.89. The summed E-state index contributed by atoms with van der Waals surface area (Å²) in [6, 6.07) is 0. The van der Waals surface area contributed by atoms with Crippen LogP contribution in [0.1, 0.15) is 25.1 Å². The van der Waals surface area contributed by atoms with Crippen LogP contribution in [0.25, 0.3) is 0 Å². The summed E-state index contributed by atoms with van der Waals surface area (Å²) in [4.78, 5) is 0. The van der Waals surface area contributed by atoms with E-state index in [-0.39, 0.29) is 0 Å². The quantitative estimate of drug-likeness (QED) is 0.712. The predicted octanol–water partition coefficient (Wildman–Crippen LogP) is 1.14. The van der Waals surface area contributed by atoms with Crippen molar-refractivity contribution in [2.75, 3.05) is 0 Å². The lowest BCUT2D eigenvalue weighted by Gasteiger charge is -2.04. The Morgan fingerprint density at radius 2 is 2.42 bits per heavy atom. The van der Waals surface area contributed by atoms with E-state index in [9.17, 15) is 0 Å². The van der Waals surface area contributed by atoms with E-state index in [1.807, 2.05) is 0 Å². The number of nitrogens with zero attached hydrogens (tertiary/aromatic N) is 2. The first-order valence-corrected chi connectivity index (χ1v) is 4.51. The zero-order valence-electron chi connectivity index (χ0n) is 7.67. The van der Waals surface area contributed by atoms with E-state index in [1.54, 1.807) is 0 Å². The fraction of sp³-hybridized carbons (Fsp3) is 0.667. The van der Waals surface area contributed by atoms with Crippen LogP contribution in [0.4, 0.5) is 0 Å². The van der Waals surface area contributed by atoms with Crippen LogP contribution >= 0.6 is 0 Å². The summed E-state index contributed by atoms with van der Waals surface area (Å²) in [5, 5.41) is 7.76. The van der Waals surface area contributed by atoms with Gasteiger partial charge < -0.3 is 5.32 Å². The molecule has 66 valence electrons. The van der Waals surface area contributed by atoms with Gasteiger partial charge in [0, 0.05) is 31.4 Å². The van der Waals surface area contributed by atoms with E-state index < -0.39 is 0 Å². The average Bonchev–Trinajstić information content (AvgIpc) is 2.43. The molecule has 0 saturated carbocycles.